The Kier molecular flexibility index (Phi) is 6.28. The van der Waals surface area contributed by atoms with Gasteiger partial charge >= 0.3 is 0 Å². The molecule has 4 rings (SSSR count). The smallest absolute Gasteiger partial charge is 0.264 e. The molecule has 2 heterocycles. The van der Waals surface area contributed by atoms with Gasteiger partial charge in [-0.05, 0) is 43.3 Å². The number of rotatable bonds is 7. The maximum absolute atomic E-state index is 12.7. The monoisotopic (exact) mass is 466 g/mol. The molecule has 2 aromatic carbocycles. The van der Waals surface area contributed by atoms with Crippen molar-refractivity contribution in [3.63, 3.8) is 0 Å². The molecule has 0 saturated heterocycles. The van der Waals surface area contributed by atoms with E-state index in [1.54, 1.807) is 13.0 Å². The number of fused-ring (bicyclic) bond motifs is 1. The summed E-state index contributed by atoms with van der Waals surface area (Å²) in [5, 5.41) is 3.95. The summed E-state index contributed by atoms with van der Waals surface area (Å²) >= 11 is 1.33. The Labute approximate surface area is 188 Å². The van der Waals surface area contributed by atoms with Gasteiger partial charge in [-0.3, -0.25) is 4.79 Å². The fourth-order valence-electron chi connectivity index (χ4n) is 2.79. The average molecular weight is 467 g/mol. The van der Waals surface area contributed by atoms with Gasteiger partial charge in [-0.15, -0.1) is 0 Å². The Hall–Kier alpha value is -3.57. The number of carbonyl (C=O) groups is 1. The van der Waals surface area contributed by atoms with E-state index in [9.17, 15) is 13.2 Å². The number of hydrogen-bond acceptors (Lipinski definition) is 8. The SMILES string of the molecule is CC(Sc1ncnc2ccccc12)C(=O)Nc1ccc(S(=O)(=O)Nc2ncccn2)cc1. The molecule has 0 saturated carbocycles. The molecule has 1 atom stereocenters. The zero-order valence-corrected chi connectivity index (χ0v) is 18.5. The van der Waals surface area contributed by atoms with Gasteiger partial charge in [0.25, 0.3) is 10.0 Å². The van der Waals surface area contributed by atoms with Gasteiger partial charge < -0.3 is 5.32 Å². The fourth-order valence-corrected chi connectivity index (χ4v) is 4.65. The summed E-state index contributed by atoms with van der Waals surface area (Å²) in [6.45, 7) is 1.78. The summed E-state index contributed by atoms with van der Waals surface area (Å²) in [5.74, 6) is -0.253. The molecule has 162 valence electrons. The summed E-state index contributed by atoms with van der Waals surface area (Å²) in [7, 11) is -3.84. The van der Waals surface area contributed by atoms with Gasteiger partial charge in [0.15, 0.2) is 0 Å². The Morgan fingerprint density at radius 2 is 1.66 bits per heavy atom. The van der Waals surface area contributed by atoms with E-state index < -0.39 is 15.3 Å². The first-order valence-corrected chi connectivity index (χ1v) is 11.9. The van der Waals surface area contributed by atoms with Crippen molar-refractivity contribution in [1.29, 1.82) is 0 Å². The van der Waals surface area contributed by atoms with Crippen molar-refractivity contribution < 1.29 is 13.2 Å². The summed E-state index contributed by atoms with van der Waals surface area (Å²) in [6, 6.07) is 15.0. The van der Waals surface area contributed by atoms with Gasteiger partial charge in [-0.1, -0.05) is 30.0 Å². The minimum atomic E-state index is -3.84. The molecule has 1 amide bonds. The van der Waals surface area contributed by atoms with Crippen LogP contribution in [0.15, 0.2) is 83.2 Å². The van der Waals surface area contributed by atoms with Crippen LogP contribution in [0.4, 0.5) is 11.6 Å². The molecule has 0 aliphatic carbocycles. The second kappa shape index (κ2) is 9.28. The highest BCUT2D eigenvalue weighted by atomic mass is 32.2. The molecule has 0 aliphatic heterocycles. The number of aromatic nitrogens is 4. The van der Waals surface area contributed by atoms with Crippen LogP contribution < -0.4 is 10.0 Å². The molecule has 11 heteroatoms. The topological polar surface area (TPSA) is 127 Å². The summed E-state index contributed by atoms with van der Waals surface area (Å²) in [6.07, 6.45) is 4.35. The summed E-state index contributed by atoms with van der Waals surface area (Å²) < 4.78 is 27.2. The van der Waals surface area contributed by atoms with Crippen LogP contribution >= 0.6 is 11.8 Å². The molecule has 0 bridgehead atoms. The number of sulfonamides is 1. The first-order chi connectivity index (χ1) is 15.4. The van der Waals surface area contributed by atoms with Crippen molar-refractivity contribution in [2.24, 2.45) is 0 Å². The lowest BCUT2D eigenvalue weighted by atomic mass is 10.2. The number of carbonyl (C=O) groups excluding carboxylic acids is 1. The quantitative estimate of drug-likeness (QED) is 0.314. The lowest BCUT2D eigenvalue weighted by Crippen LogP contribution is -2.22. The Bertz CT molecular complexity index is 1340. The molecular weight excluding hydrogens is 448 g/mol. The molecule has 4 aromatic rings. The number of amides is 1. The summed E-state index contributed by atoms with van der Waals surface area (Å²) in [4.78, 5) is 28.9. The minimum Gasteiger partial charge on any atom is -0.325 e. The second-order valence-electron chi connectivity index (χ2n) is 6.65. The standard InChI is InChI=1S/C21H18N6O3S2/c1-14(31-20-17-5-2-3-6-18(17)24-13-25-20)19(28)26-15-7-9-16(10-8-15)32(29,30)27-21-22-11-4-12-23-21/h2-14H,1H3,(H,26,28)(H,22,23,27). The van der Waals surface area contributed by atoms with Gasteiger partial charge in [0.1, 0.15) is 11.4 Å². The van der Waals surface area contributed by atoms with Crippen LogP contribution in [0.1, 0.15) is 6.92 Å². The number of benzene rings is 2. The van der Waals surface area contributed by atoms with Crippen LogP contribution in [0.25, 0.3) is 10.9 Å². The van der Waals surface area contributed by atoms with E-state index in [4.69, 9.17) is 0 Å². The molecule has 0 spiro atoms. The molecule has 9 nitrogen and oxygen atoms in total. The highest BCUT2D eigenvalue weighted by molar-refractivity contribution is 8.00. The van der Waals surface area contributed by atoms with Crippen LogP contribution in [0.2, 0.25) is 0 Å². The zero-order valence-electron chi connectivity index (χ0n) is 16.8. The number of nitrogens with one attached hydrogen (secondary N) is 2. The van der Waals surface area contributed by atoms with E-state index >= 15 is 0 Å². The third-order valence-corrected chi connectivity index (χ3v) is 6.85. The van der Waals surface area contributed by atoms with Crippen LogP contribution in [0.5, 0.6) is 0 Å². The molecule has 0 radical (unpaired) electrons. The molecule has 2 N–H and O–H groups in total. The largest absolute Gasteiger partial charge is 0.325 e. The van der Waals surface area contributed by atoms with Crippen LogP contribution in [0, 0.1) is 0 Å². The third-order valence-electron chi connectivity index (χ3n) is 4.39. The molecule has 32 heavy (non-hydrogen) atoms. The Balaban J connectivity index is 1.42. The van der Waals surface area contributed by atoms with Gasteiger partial charge in [-0.25, -0.2) is 33.1 Å². The Morgan fingerprint density at radius 3 is 2.41 bits per heavy atom. The van der Waals surface area contributed by atoms with Gasteiger partial charge in [-0.2, -0.15) is 0 Å². The zero-order chi connectivity index (χ0) is 22.6. The van der Waals surface area contributed by atoms with Crippen molar-refractivity contribution >= 4 is 50.2 Å². The first-order valence-electron chi connectivity index (χ1n) is 9.49. The molecule has 0 aliphatic rings. The predicted octanol–water partition coefficient (Wildman–Crippen LogP) is 3.34. The average Bonchev–Trinajstić information content (AvgIpc) is 2.80. The van der Waals surface area contributed by atoms with E-state index in [1.807, 2.05) is 24.3 Å². The fraction of sp³-hybridized carbons (Fsp3) is 0.0952. The van der Waals surface area contributed by atoms with Gasteiger partial charge in [0.05, 0.1) is 15.7 Å². The number of para-hydroxylation sites is 1. The van der Waals surface area contributed by atoms with Crippen molar-refractivity contribution in [3.05, 3.63) is 73.3 Å². The van der Waals surface area contributed by atoms with E-state index in [-0.39, 0.29) is 16.8 Å². The Morgan fingerprint density at radius 1 is 0.938 bits per heavy atom. The first kappa shape index (κ1) is 21.7. The van der Waals surface area contributed by atoms with Crippen molar-refractivity contribution in [2.45, 2.75) is 22.1 Å². The van der Waals surface area contributed by atoms with Gasteiger partial charge in [0.2, 0.25) is 11.9 Å². The third kappa shape index (κ3) is 5.01. The van der Waals surface area contributed by atoms with E-state index in [0.29, 0.717) is 10.7 Å². The highest BCUT2D eigenvalue weighted by Gasteiger charge is 2.19. The number of anilines is 2. The predicted molar refractivity (Wildman–Crippen MR) is 123 cm³/mol. The number of thioether (sulfide) groups is 1. The number of nitrogens with zero attached hydrogens (tertiary/aromatic N) is 4. The van der Waals surface area contributed by atoms with Crippen LogP contribution in [-0.4, -0.2) is 39.5 Å². The van der Waals surface area contributed by atoms with E-state index in [1.165, 1.54) is 54.7 Å². The van der Waals surface area contributed by atoms with Crippen molar-refractivity contribution in [1.82, 2.24) is 19.9 Å². The number of hydrogen-bond donors (Lipinski definition) is 2. The van der Waals surface area contributed by atoms with Gasteiger partial charge in [0, 0.05) is 23.5 Å². The van der Waals surface area contributed by atoms with E-state index in [0.717, 1.165) is 10.9 Å². The lowest BCUT2D eigenvalue weighted by Gasteiger charge is -2.13. The molecular formula is C21H18N6O3S2. The normalized spacial score (nSPS) is 12.3. The second-order valence-corrected chi connectivity index (χ2v) is 9.66. The van der Waals surface area contributed by atoms with Crippen LogP contribution in [-0.2, 0) is 14.8 Å². The minimum absolute atomic E-state index is 0.0204. The molecule has 0 fully saturated rings. The van der Waals surface area contributed by atoms with Crippen LogP contribution in [0.3, 0.4) is 0 Å². The molecule has 2 aromatic heterocycles. The summed E-state index contributed by atoms with van der Waals surface area (Å²) in [5.41, 5.74) is 1.29. The lowest BCUT2D eigenvalue weighted by molar-refractivity contribution is -0.115. The molecule has 1 unspecified atom stereocenters. The van der Waals surface area contributed by atoms with E-state index in [2.05, 4.69) is 30.0 Å². The van der Waals surface area contributed by atoms with Crippen molar-refractivity contribution in [3.8, 4) is 0 Å². The highest BCUT2D eigenvalue weighted by Crippen LogP contribution is 2.28. The maximum atomic E-state index is 12.7. The van der Waals surface area contributed by atoms with Crippen molar-refractivity contribution in [2.75, 3.05) is 10.0 Å². The maximum Gasteiger partial charge on any atom is 0.264 e.